The molecule has 1 amide bonds. The van der Waals surface area contributed by atoms with E-state index in [0.717, 1.165) is 31.0 Å². The van der Waals surface area contributed by atoms with Gasteiger partial charge in [-0.25, -0.2) is 0 Å². The van der Waals surface area contributed by atoms with Gasteiger partial charge in [0.15, 0.2) is 0 Å². The van der Waals surface area contributed by atoms with Gasteiger partial charge in [-0.15, -0.1) is 0 Å². The number of methoxy groups -OCH3 is 1. The number of carbonyl (C=O) groups excluding carboxylic acids is 1. The third-order valence-corrected chi connectivity index (χ3v) is 5.87. The molecule has 1 unspecified atom stereocenters. The Morgan fingerprint density at radius 2 is 2.03 bits per heavy atom. The summed E-state index contributed by atoms with van der Waals surface area (Å²) in [5.74, 6) is -0.0101. The van der Waals surface area contributed by atoms with Crippen LogP contribution < -0.4 is 10.1 Å². The number of nitrogens with zero attached hydrogens (tertiary/aromatic N) is 1. The third-order valence-electron chi connectivity index (χ3n) is 5.46. The van der Waals surface area contributed by atoms with Crippen LogP contribution >= 0.6 is 11.6 Å². The van der Waals surface area contributed by atoms with E-state index in [0.29, 0.717) is 18.3 Å². The second kappa shape index (κ2) is 9.27. The lowest BCUT2D eigenvalue weighted by atomic mass is 10.0. The summed E-state index contributed by atoms with van der Waals surface area (Å²) in [4.78, 5) is 15.2. The molecule has 1 aliphatic heterocycles. The Balaban J connectivity index is 1.90. The molecule has 8 heteroatoms. The lowest BCUT2D eigenvalue weighted by Gasteiger charge is -2.28. The Morgan fingerprint density at radius 3 is 2.67 bits per heavy atom. The van der Waals surface area contributed by atoms with Crippen molar-refractivity contribution in [2.75, 3.05) is 20.2 Å². The molecule has 1 N–H and O–H groups in total. The average molecular weight is 441 g/mol. The van der Waals surface area contributed by atoms with Gasteiger partial charge in [-0.1, -0.05) is 29.8 Å². The van der Waals surface area contributed by atoms with Crippen LogP contribution in [0.5, 0.6) is 5.75 Å². The number of ether oxygens (including phenoxy) is 1. The predicted molar refractivity (Wildman–Crippen MR) is 110 cm³/mol. The van der Waals surface area contributed by atoms with Crippen molar-refractivity contribution in [1.82, 2.24) is 10.2 Å². The molecule has 1 saturated heterocycles. The number of alkyl halides is 3. The Morgan fingerprint density at radius 1 is 1.30 bits per heavy atom. The first-order valence-corrected chi connectivity index (χ1v) is 10.1. The van der Waals surface area contributed by atoms with Crippen LogP contribution in [0.3, 0.4) is 0 Å². The monoisotopic (exact) mass is 440 g/mol. The molecule has 2 atom stereocenters. The van der Waals surface area contributed by atoms with Gasteiger partial charge in [0, 0.05) is 12.6 Å². The summed E-state index contributed by atoms with van der Waals surface area (Å²) in [5, 5.41) is 2.28. The Labute approximate surface area is 179 Å². The van der Waals surface area contributed by atoms with Gasteiger partial charge in [-0.3, -0.25) is 9.69 Å². The summed E-state index contributed by atoms with van der Waals surface area (Å²) in [7, 11) is 1.55. The van der Waals surface area contributed by atoms with Crippen molar-refractivity contribution in [3.8, 4) is 5.75 Å². The summed E-state index contributed by atoms with van der Waals surface area (Å²) in [6.45, 7) is 3.57. The van der Waals surface area contributed by atoms with Crippen LogP contribution in [0.15, 0.2) is 42.5 Å². The number of carbonyl (C=O) groups is 1. The van der Waals surface area contributed by atoms with Gasteiger partial charge in [0.1, 0.15) is 5.75 Å². The summed E-state index contributed by atoms with van der Waals surface area (Å²) in [6.07, 6.45) is -2.50. The van der Waals surface area contributed by atoms with E-state index in [9.17, 15) is 18.0 Å². The van der Waals surface area contributed by atoms with Gasteiger partial charge < -0.3 is 10.1 Å². The zero-order chi connectivity index (χ0) is 21.9. The zero-order valence-electron chi connectivity index (χ0n) is 16.8. The van der Waals surface area contributed by atoms with Crippen LogP contribution in [0.4, 0.5) is 13.2 Å². The molecular weight excluding hydrogens is 417 g/mol. The third kappa shape index (κ3) is 5.08. The fraction of sp³-hybridized carbons (Fsp3) is 0.409. The molecular formula is C22H24ClF3N2O2. The minimum Gasteiger partial charge on any atom is -0.497 e. The molecule has 30 heavy (non-hydrogen) atoms. The normalized spacial score (nSPS) is 18.3. The topological polar surface area (TPSA) is 41.6 Å². The number of hydrogen-bond acceptors (Lipinski definition) is 3. The molecule has 3 rings (SSSR count). The van der Waals surface area contributed by atoms with Gasteiger partial charge in [0.2, 0.25) is 0 Å². The first kappa shape index (κ1) is 22.4. The molecule has 0 aromatic heterocycles. The fourth-order valence-corrected chi connectivity index (χ4v) is 4.07. The highest BCUT2D eigenvalue weighted by atomic mass is 35.5. The molecule has 1 heterocycles. The Hall–Kier alpha value is -2.25. The van der Waals surface area contributed by atoms with Crippen LogP contribution in [0.25, 0.3) is 0 Å². The van der Waals surface area contributed by atoms with Gasteiger partial charge >= 0.3 is 6.18 Å². The van der Waals surface area contributed by atoms with Crippen molar-refractivity contribution in [3.63, 3.8) is 0 Å². The fourth-order valence-electron chi connectivity index (χ4n) is 3.75. The molecule has 0 radical (unpaired) electrons. The number of hydrogen-bond donors (Lipinski definition) is 1. The second-order valence-electron chi connectivity index (χ2n) is 7.45. The summed E-state index contributed by atoms with van der Waals surface area (Å²) < 4.78 is 44.8. The van der Waals surface area contributed by atoms with E-state index in [1.54, 1.807) is 13.2 Å². The van der Waals surface area contributed by atoms with Crippen LogP contribution in [0, 0.1) is 0 Å². The SMILES string of the molecule is COc1cccc([C@@H](CN2CCCC2C)NC(=O)c2cccc(C(F)(F)F)c2Cl)c1. The summed E-state index contributed by atoms with van der Waals surface area (Å²) in [5.41, 5.74) is -0.415. The zero-order valence-corrected chi connectivity index (χ0v) is 17.6. The van der Waals surface area contributed by atoms with Gasteiger partial charge in [-0.05, 0) is 56.1 Å². The number of benzene rings is 2. The van der Waals surface area contributed by atoms with E-state index in [-0.39, 0.29) is 5.56 Å². The average Bonchev–Trinajstić information content (AvgIpc) is 3.11. The number of amides is 1. The number of nitrogens with one attached hydrogen (secondary N) is 1. The predicted octanol–water partition coefficient (Wildman–Crippen LogP) is 5.32. The highest BCUT2D eigenvalue weighted by Crippen LogP contribution is 2.36. The standard InChI is InChI=1S/C22H24ClF3N2O2/c1-14-6-5-11-28(14)13-19(15-7-3-8-16(12-15)30-2)27-21(29)17-9-4-10-18(20(17)23)22(24,25)26/h3-4,7-10,12,14,19H,5-6,11,13H2,1-2H3,(H,27,29)/t14?,19-/m1/s1. The molecule has 162 valence electrons. The van der Waals surface area contributed by atoms with Crippen molar-refractivity contribution in [2.45, 2.75) is 38.0 Å². The Bertz CT molecular complexity index is 904. The largest absolute Gasteiger partial charge is 0.497 e. The van der Waals surface area contributed by atoms with E-state index in [1.165, 1.54) is 12.1 Å². The maximum absolute atomic E-state index is 13.2. The van der Waals surface area contributed by atoms with Crippen LogP contribution in [0.1, 0.15) is 47.3 Å². The minimum atomic E-state index is -4.63. The van der Waals surface area contributed by atoms with Crippen molar-refractivity contribution in [1.29, 1.82) is 0 Å². The minimum absolute atomic E-state index is 0.200. The summed E-state index contributed by atoms with van der Waals surface area (Å²) in [6, 6.07) is 10.6. The van der Waals surface area contributed by atoms with E-state index in [4.69, 9.17) is 16.3 Å². The van der Waals surface area contributed by atoms with E-state index >= 15 is 0 Å². The highest BCUT2D eigenvalue weighted by Gasteiger charge is 2.35. The molecule has 0 bridgehead atoms. The maximum Gasteiger partial charge on any atom is 0.417 e. The van der Waals surface area contributed by atoms with E-state index < -0.39 is 28.7 Å². The number of halogens is 4. The molecule has 4 nitrogen and oxygen atoms in total. The van der Waals surface area contributed by atoms with Crippen molar-refractivity contribution in [3.05, 3.63) is 64.2 Å². The smallest absolute Gasteiger partial charge is 0.417 e. The van der Waals surface area contributed by atoms with Crippen LogP contribution in [-0.2, 0) is 6.18 Å². The Kier molecular flexibility index (Phi) is 6.93. The molecule has 0 saturated carbocycles. The van der Waals surface area contributed by atoms with Gasteiger partial charge in [0.05, 0.1) is 29.3 Å². The lowest BCUT2D eigenvalue weighted by Crippen LogP contribution is -2.39. The highest BCUT2D eigenvalue weighted by molar-refractivity contribution is 6.34. The van der Waals surface area contributed by atoms with Gasteiger partial charge in [-0.2, -0.15) is 13.2 Å². The number of likely N-dealkylation sites (tertiary alicyclic amines) is 1. The molecule has 2 aromatic rings. The van der Waals surface area contributed by atoms with Crippen molar-refractivity contribution >= 4 is 17.5 Å². The maximum atomic E-state index is 13.2. The summed E-state index contributed by atoms with van der Waals surface area (Å²) >= 11 is 5.95. The van der Waals surface area contributed by atoms with E-state index in [1.807, 2.05) is 18.2 Å². The quantitative estimate of drug-likeness (QED) is 0.660. The van der Waals surface area contributed by atoms with Crippen LogP contribution in [-0.4, -0.2) is 37.0 Å². The second-order valence-corrected chi connectivity index (χ2v) is 7.83. The molecule has 2 aromatic carbocycles. The number of rotatable bonds is 6. The van der Waals surface area contributed by atoms with Crippen LogP contribution in [0.2, 0.25) is 5.02 Å². The van der Waals surface area contributed by atoms with Crippen molar-refractivity contribution in [2.24, 2.45) is 0 Å². The first-order valence-electron chi connectivity index (χ1n) is 9.75. The molecule has 1 fully saturated rings. The van der Waals surface area contributed by atoms with Gasteiger partial charge in [0.25, 0.3) is 5.91 Å². The molecule has 0 aliphatic carbocycles. The van der Waals surface area contributed by atoms with E-state index in [2.05, 4.69) is 17.1 Å². The van der Waals surface area contributed by atoms with Crippen molar-refractivity contribution < 1.29 is 22.7 Å². The lowest BCUT2D eigenvalue weighted by molar-refractivity contribution is -0.137. The first-order chi connectivity index (χ1) is 14.2. The molecule has 0 spiro atoms. The molecule has 1 aliphatic rings.